The van der Waals surface area contributed by atoms with Crippen molar-refractivity contribution in [1.29, 1.82) is 0 Å². The SMILES string of the molecule is O=S(=O)(CC1CC1)NCc1sccc1Br. The van der Waals surface area contributed by atoms with Crippen molar-refractivity contribution in [3.63, 3.8) is 0 Å². The van der Waals surface area contributed by atoms with E-state index in [9.17, 15) is 8.42 Å². The maximum Gasteiger partial charge on any atom is 0.212 e. The number of halogens is 1. The van der Waals surface area contributed by atoms with E-state index in [2.05, 4.69) is 20.7 Å². The lowest BCUT2D eigenvalue weighted by molar-refractivity contribution is 0.578. The van der Waals surface area contributed by atoms with Crippen LogP contribution >= 0.6 is 27.3 Å². The number of hydrogen-bond donors (Lipinski definition) is 1. The second kappa shape index (κ2) is 4.53. The van der Waals surface area contributed by atoms with Gasteiger partial charge in [-0.25, -0.2) is 13.1 Å². The van der Waals surface area contributed by atoms with Crippen LogP contribution in [0.25, 0.3) is 0 Å². The van der Waals surface area contributed by atoms with E-state index < -0.39 is 10.0 Å². The minimum atomic E-state index is -3.08. The molecule has 1 N–H and O–H groups in total. The van der Waals surface area contributed by atoms with Crippen molar-refractivity contribution in [3.05, 3.63) is 20.8 Å². The van der Waals surface area contributed by atoms with Crippen LogP contribution in [0.15, 0.2) is 15.9 Å². The van der Waals surface area contributed by atoms with Gasteiger partial charge in [0.15, 0.2) is 0 Å². The third-order valence-corrected chi connectivity index (χ3v) is 5.72. The molecule has 1 aromatic heterocycles. The van der Waals surface area contributed by atoms with Crippen molar-refractivity contribution in [2.24, 2.45) is 5.92 Å². The summed E-state index contributed by atoms with van der Waals surface area (Å²) in [5, 5.41) is 1.94. The maximum absolute atomic E-state index is 11.6. The second-order valence-corrected chi connectivity index (χ2v) is 7.44. The molecule has 1 heterocycles. The lowest BCUT2D eigenvalue weighted by Gasteiger charge is -2.04. The molecule has 6 heteroatoms. The number of sulfonamides is 1. The molecule has 84 valence electrons. The Balaban J connectivity index is 1.89. The van der Waals surface area contributed by atoms with Crippen molar-refractivity contribution < 1.29 is 8.42 Å². The largest absolute Gasteiger partial charge is 0.212 e. The first-order valence-electron chi connectivity index (χ1n) is 4.76. The van der Waals surface area contributed by atoms with E-state index in [-0.39, 0.29) is 5.75 Å². The normalized spacial score (nSPS) is 16.9. The maximum atomic E-state index is 11.6. The lowest BCUT2D eigenvalue weighted by atomic mass is 10.5. The Labute approximate surface area is 102 Å². The van der Waals surface area contributed by atoms with Crippen LogP contribution in [-0.4, -0.2) is 14.2 Å². The number of nitrogens with one attached hydrogen (secondary N) is 1. The molecule has 1 aliphatic rings. The molecule has 1 aliphatic carbocycles. The summed E-state index contributed by atoms with van der Waals surface area (Å²) in [5.74, 6) is 0.685. The van der Waals surface area contributed by atoms with Gasteiger partial charge in [0.25, 0.3) is 0 Å². The molecule has 0 aromatic carbocycles. The van der Waals surface area contributed by atoms with Gasteiger partial charge in [-0.2, -0.15) is 0 Å². The number of thiophene rings is 1. The Bertz CT molecular complexity index is 437. The van der Waals surface area contributed by atoms with Crippen LogP contribution in [0, 0.1) is 5.92 Å². The fourth-order valence-corrected chi connectivity index (χ4v) is 4.24. The van der Waals surface area contributed by atoms with E-state index in [1.54, 1.807) is 11.3 Å². The monoisotopic (exact) mass is 309 g/mol. The van der Waals surface area contributed by atoms with Crippen molar-refractivity contribution >= 4 is 37.3 Å². The molecule has 0 bridgehead atoms. The molecule has 0 saturated heterocycles. The summed E-state index contributed by atoms with van der Waals surface area (Å²) in [6.07, 6.45) is 2.12. The summed E-state index contributed by atoms with van der Waals surface area (Å²) in [4.78, 5) is 1.02. The van der Waals surface area contributed by atoms with Crippen molar-refractivity contribution in [1.82, 2.24) is 4.72 Å². The van der Waals surface area contributed by atoms with Crippen molar-refractivity contribution in [2.75, 3.05) is 5.75 Å². The van der Waals surface area contributed by atoms with Crippen molar-refractivity contribution in [3.8, 4) is 0 Å². The van der Waals surface area contributed by atoms with Gasteiger partial charge in [-0.15, -0.1) is 11.3 Å². The molecule has 0 spiro atoms. The Hall–Kier alpha value is 0.0900. The Morgan fingerprint density at radius 3 is 2.80 bits per heavy atom. The smallest absolute Gasteiger partial charge is 0.212 e. The van der Waals surface area contributed by atoms with Crippen LogP contribution < -0.4 is 4.72 Å². The first-order valence-corrected chi connectivity index (χ1v) is 8.08. The summed E-state index contributed by atoms with van der Waals surface area (Å²) in [5.41, 5.74) is 0. The molecule has 2 rings (SSSR count). The summed E-state index contributed by atoms with van der Waals surface area (Å²) >= 11 is 4.92. The van der Waals surface area contributed by atoms with E-state index in [0.717, 1.165) is 22.2 Å². The van der Waals surface area contributed by atoms with Gasteiger partial charge in [0.1, 0.15) is 0 Å². The average Bonchev–Trinajstić information content (AvgIpc) is 2.84. The second-order valence-electron chi connectivity index (χ2n) is 3.74. The van der Waals surface area contributed by atoms with E-state index >= 15 is 0 Å². The fourth-order valence-electron chi connectivity index (χ4n) is 1.28. The highest BCUT2D eigenvalue weighted by molar-refractivity contribution is 9.10. The zero-order valence-electron chi connectivity index (χ0n) is 8.07. The van der Waals surface area contributed by atoms with Gasteiger partial charge in [0.2, 0.25) is 10.0 Å². The molecule has 3 nitrogen and oxygen atoms in total. The third kappa shape index (κ3) is 3.55. The van der Waals surface area contributed by atoms with E-state index in [1.807, 2.05) is 11.4 Å². The molecular weight excluding hydrogens is 298 g/mol. The van der Waals surface area contributed by atoms with Gasteiger partial charge in [-0.05, 0) is 46.1 Å². The van der Waals surface area contributed by atoms with Gasteiger partial charge in [0, 0.05) is 15.9 Å². The Kier molecular flexibility index (Phi) is 3.49. The minimum Gasteiger partial charge on any atom is -0.212 e. The highest BCUT2D eigenvalue weighted by Gasteiger charge is 2.27. The molecule has 1 aromatic rings. The predicted molar refractivity (Wildman–Crippen MR) is 65.4 cm³/mol. The standard InChI is InChI=1S/C9H12BrNO2S2/c10-8-3-4-14-9(8)5-11-15(12,13)6-7-1-2-7/h3-4,7,11H,1-2,5-6H2. The lowest BCUT2D eigenvalue weighted by Crippen LogP contribution is -2.26. The number of rotatable bonds is 5. The molecule has 0 amide bonds. The van der Waals surface area contributed by atoms with Crippen LogP contribution in [-0.2, 0) is 16.6 Å². The van der Waals surface area contributed by atoms with Crippen LogP contribution in [0.1, 0.15) is 17.7 Å². The van der Waals surface area contributed by atoms with Crippen LogP contribution in [0.3, 0.4) is 0 Å². The molecule has 0 atom stereocenters. The first kappa shape index (κ1) is 11.6. The molecular formula is C9H12BrNO2S2. The quantitative estimate of drug-likeness (QED) is 0.907. The highest BCUT2D eigenvalue weighted by atomic mass is 79.9. The van der Waals surface area contributed by atoms with Crippen LogP contribution in [0.5, 0.6) is 0 Å². The fraction of sp³-hybridized carbons (Fsp3) is 0.556. The molecule has 15 heavy (non-hydrogen) atoms. The average molecular weight is 310 g/mol. The van der Waals surface area contributed by atoms with E-state index in [1.165, 1.54) is 0 Å². The van der Waals surface area contributed by atoms with Gasteiger partial charge >= 0.3 is 0 Å². The summed E-state index contributed by atoms with van der Waals surface area (Å²) in [6.45, 7) is 0.396. The molecule has 0 radical (unpaired) electrons. The van der Waals surface area contributed by atoms with Gasteiger partial charge in [-0.3, -0.25) is 0 Å². The van der Waals surface area contributed by atoms with Gasteiger partial charge in [-0.1, -0.05) is 0 Å². The minimum absolute atomic E-state index is 0.288. The molecule has 1 saturated carbocycles. The zero-order chi connectivity index (χ0) is 10.9. The molecule has 0 unspecified atom stereocenters. The first-order chi connectivity index (χ1) is 7.07. The predicted octanol–water partition coefficient (Wildman–Crippen LogP) is 2.34. The Morgan fingerprint density at radius 1 is 1.53 bits per heavy atom. The summed E-state index contributed by atoms with van der Waals surface area (Å²) < 4.78 is 26.7. The Morgan fingerprint density at radius 2 is 2.27 bits per heavy atom. The zero-order valence-corrected chi connectivity index (χ0v) is 11.3. The van der Waals surface area contributed by atoms with Crippen LogP contribution in [0.2, 0.25) is 0 Å². The van der Waals surface area contributed by atoms with Gasteiger partial charge < -0.3 is 0 Å². The topological polar surface area (TPSA) is 46.2 Å². The third-order valence-electron chi connectivity index (χ3n) is 2.30. The molecule has 0 aliphatic heterocycles. The van der Waals surface area contributed by atoms with E-state index in [0.29, 0.717) is 12.5 Å². The van der Waals surface area contributed by atoms with Gasteiger partial charge in [0.05, 0.1) is 5.75 Å². The molecule has 1 fully saturated rings. The summed E-state index contributed by atoms with van der Waals surface area (Å²) in [7, 11) is -3.08. The van der Waals surface area contributed by atoms with E-state index in [4.69, 9.17) is 0 Å². The van der Waals surface area contributed by atoms with Crippen molar-refractivity contribution in [2.45, 2.75) is 19.4 Å². The highest BCUT2D eigenvalue weighted by Crippen LogP contribution is 2.30. The summed E-state index contributed by atoms with van der Waals surface area (Å²) in [6, 6.07) is 1.93. The van der Waals surface area contributed by atoms with Crippen LogP contribution in [0.4, 0.5) is 0 Å². The number of hydrogen-bond acceptors (Lipinski definition) is 3.